The highest BCUT2D eigenvalue weighted by Crippen LogP contribution is 2.21. The van der Waals surface area contributed by atoms with E-state index in [2.05, 4.69) is 65.9 Å². The van der Waals surface area contributed by atoms with Gasteiger partial charge in [-0.05, 0) is 42.5 Å². The fraction of sp³-hybridized carbons (Fsp3) is 0.700. The quantitative estimate of drug-likeness (QED) is 0.343. The normalized spacial score (nSPS) is 12.1. The Hall–Kier alpha value is -2.86. The van der Waals surface area contributed by atoms with Crippen LogP contribution in [0.4, 0.5) is 11.8 Å². The van der Waals surface area contributed by atoms with E-state index in [0.717, 1.165) is 16.7 Å². The van der Waals surface area contributed by atoms with Crippen molar-refractivity contribution in [3.63, 3.8) is 0 Å². The molecule has 0 aliphatic heterocycles. The van der Waals surface area contributed by atoms with E-state index in [0.29, 0.717) is 28.8 Å². The Morgan fingerprint density at radius 2 is 1.41 bits per heavy atom. The summed E-state index contributed by atoms with van der Waals surface area (Å²) in [5.41, 5.74) is 1.55. The molecule has 12 heteroatoms. The van der Waals surface area contributed by atoms with Gasteiger partial charge in [-0.15, -0.1) is 0 Å². The zero-order valence-corrected chi connectivity index (χ0v) is 20.9. The molecule has 0 aromatic carbocycles. The van der Waals surface area contributed by atoms with Gasteiger partial charge in [0.1, 0.15) is 19.3 Å². The predicted molar refractivity (Wildman–Crippen MR) is 122 cm³/mol. The zero-order chi connectivity index (χ0) is 25.0. The number of hydrogen-bond acceptors (Lipinski definition) is 6. The molecule has 0 N–H and O–H groups in total. The number of nitrogens with zero attached hydrogens (tertiary/aromatic N) is 8. The molecule has 0 bridgehead atoms. The second-order valence-electron chi connectivity index (χ2n) is 9.81. The van der Waals surface area contributed by atoms with Gasteiger partial charge in [0, 0.05) is 7.05 Å². The lowest BCUT2D eigenvalue weighted by atomic mass is 10.2. The second-order valence-corrected chi connectivity index (χ2v) is 9.81. The Morgan fingerprint density at radius 1 is 0.906 bits per heavy atom. The van der Waals surface area contributed by atoms with Crippen LogP contribution in [0.15, 0.2) is 12.5 Å². The van der Waals surface area contributed by atoms with Crippen molar-refractivity contribution in [3.8, 4) is 0 Å². The van der Waals surface area contributed by atoms with Crippen LogP contribution in [0.3, 0.4) is 0 Å². The molecule has 2 aromatic rings. The Morgan fingerprint density at radius 3 is 1.81 bits per heavy atom. The van der Waals surface area contributed by atoms with Crippen molar-refractivity contribution in [3.05, 3.63) is 44.1 Å². The summed E-state index contributed by atoms with van der Waals surface area (Å²) in [7, 11) is 11.8. The van der Waals surface area contributed by atoms with Crippen molar-refractivity contribution < 1.29 is 18.8 Å². The first kappa shape index (κ1) is 27.2. The highest BCUT2D eigenvalue weighted by atomic mass is 16.6. The summed E-state index contributed by atoms with van der Waals surface area (Å²) in [5, 5.41) is 21.5. The van der Waals surface area contributed by atoms with Gasteiger partial charge in [0.05, 0.1) is 47.3 Å². The largest absolute Gasteiger partial charge is 0.434 e. The lowest BCUT2D eigenvalue weighted by Gasteiger charge is -2.33. The van der Waals surface area contributed by atoms with E-state index >= 15 is 0 Å². The first-order valence-electron chi connectivity index (χ1n) is 10.5. The maximum atomic E-state index is 10.8. The van der Waals surface area contributed by atoms with E-state index in [1.54, 1.807) is 29.4 Å². The third kappa shape index (κ3) is 6.57. The summed E-state index contributed by atoms with van der Waals surface area (Å²) in [5.74, 6) is -0.131. The van der Waals surface area contributed by atoms with Crippen LogP contribution in [-0.4, -0.2) is 78.2 Å². The van der Waals surface area contributed by atoms with Gasteiger partial charge >= 0.3 is 11.8 Å². The van der Waals surface area contributed by atoms with Gasteiger partial charge in [-0.25, -0.2) is 4.57 Å². The van der Waals surface area contributed by atoms with Crippen LogP contribution < -0.4 is 0 Å². The van der Waals surface area contributed by atoms with E-state index in [-0.39, 0.29) is 11.8 Å². The van der Waals surface area contributed by atoms with Crippen LogP contribution in [0.1, 0.15) is 39.1 Å². The van der Waals surface area contributed by atoms with Gasteiger partial charge in [0.25, 0.3) is 0 Å². The van der Waals surface area contributed by atoms with Gasteiger partial charge in [0.15, 0.2) is 11.4 Å². The molecular formula is C20H38N8O4+2. The summed E-state index contributed by atoms with van der Waals surface area (Å²) < 4.78 is 4.74. The third-order valence-electron chi connectivity index (χ3n) is 6.36. The molecule has 0 aliphatic rings. The number of imidazole rings is 2. The molecule has 32 heavy (non-hydrogen) atoms. The fourth-order valence-corrected chi connectivity index (χ4v) is 2.70. The van der Waals surface area contributed by atoms with Gasteiger partial charge in [-0.1, -0.05) is 4.98 Å². The minimum Gasteiger partial charge on any atom is -0.390 e. The van der Waals surface area contributed by atoms with Crippen molar-refractivity contribution in [1.29, 1.82) is 0 Å². The SMILES string of the molecule is CC(C)[N+](C)(C)Cc1c([N+](=O)[O-])ncn1C.CC(C)[N+](C)(C)Cc1cnc([N+](=O)[O-])n1C. The summed E-state index contributed by atoms with van der Waals surface area (Å²) in [4.78, 5) is 28.2. The summed E-state index contributed by atoms with van der Waals surface area (Å²) >= 11 is 0. The number of quaternary nitrogens is 2. The minimum atomic E-state index is -0.459. The molecule has 0 fully saturated rings. The van der Waals surface area contributed by atoms with Crippen molar-refractivity contribution in [1.82, 2.24) is 19.1 Å². The van der Waals surface area contributed by atoms with Crippen LogP contribution in [0.5, 0.6) is 0 Å². The molecule has 2 rings (SSSR count). The molecule has 2 heterocycles. The van der Waals surface area contributed by atoms with Gasteiger partial charge in [-0.3, -0.25) is 0 Å². The standard InChI is InChI=1S/2C10H19N4O2/c1-8(2)14(4,5)6-9-10(13(15)16)11-7-12(9)3;1-8(2)14(4,5)7-9-6-11-10(12(9)3)13(15)16/h7-8H,6H2,1-5H3;6,8H,7H2,1-5H3/q2*+1. The molecule has 0 spiro atoms. The lowest BCUT2D eigenvalue weighted by molar-refractivity contribution is -0.924. The van der Waals surface area contributed by atoms with Crippen molar-refractivity contribution in [2.75, 3.05) is 28.2 Å². The Balaban J connectivity index is 0.000000320. The van der Waals surface area contributed by atoms with Crippen molar-refractivity contribution in [2.24, 2.45) is 14.1 Å². The predicted octanol–water partition coefficient (Wildman–Crippen LogP) is 2.63. The molecule has 0 saturated carbocycles. The number of hydrogen-bond donors (Lipinski definition) is 0. The summed E-state index contributed by atoms with van der Waals surface area (Å²) in [6.07, 6.45) is 3.08. The number of aromatic nitrogens is 4. The minimum absolute atomic E-state index is 0.0330. The zero-order valence-electron chi connectivity index (χ0n) is 20.9. The van der Waals surface area contributed by atoms with Crippen molar-refractivity contribution >= 4 is 11.8 Å². The molecule has 0 atom stereocenters. The highest BCUT2D eigenvalue weighted by Gasteiger charge is 2.29. The van der Waals surface area contributed by atoms with Gasteiger partial charge < -0.3 is 33.8 Å². The first-order valence-corrected chi connectivity index (χ1v) is 10.5. The topological polar surface area (TPSA) is 122 Å². The second kappa shape index (κ2) is 10.2. The number of nitro groups is 2. The van der Waals surface area contributed by atoms with E-state index < -0.39 is 9.85 Å². The molecule has 2 aromatic heterocycles. The molecule has 0 amide bonds. The lowest BCUT2D eigenvalue weighted by Crippen LogP contribution is -2.45. The van der Waals surface area contributed by atoms with Gasteiger partial charge in [-0.2, -0.15) is 0 Å². The van der Waals surface area contributed by atoms with E-state index in [4.69, 9.17) is 0 Å². The molecule has 0 radical (unpaired) electrons. The number of rotatable bonds is 8. The van der Waals surface area contributed by atoms with Crippen LogP contribution >= 0.6 is 0 Å². The monoisotopic (exact) mass is 454 g/mol. The molecule has 12 nitrogen and oxygen atoms in total. The summed E-state index contributed by atoms with van der Waals surface area (Å²) in [6, 6.07) is 0.850. The molecule has 0 aliphatic carbocycles. The average molecular weight is 455 g/mol. The fourth-order valence-electron chi connectivity index (χ4n) is 2.70. The Kier molecular flexibility index (Phi) is 8.64. The highest BCUT2D eigenvalue weighted by molar-refractivity contribution is 5.26. The van der Waals surface area contributed by atoms with Crippen LogP contribution in [-0.2, 0) is 27.2 Å². The molecule has 0 saturated heterocycles. The van der Waals surface area contributed by atoms with Crippen LogP contribution in [0, 0.1) is 20.2 Å². The third-order valence-corrected chi connectivity index (χ3v) is 6.36. The molecule has 0 unspecified atom stereocenters. The Labute approximate surface area is 189 Å². The molecule has 180 valence electrons. The number of aryl methyl sites for hydroxylation is 1. The van der Waals surface area contributed by atoms with E-state index in [1.807, 2.05) is 0 Å². The average Bonchev–Trinajstić information content (AvgIpc) is 3.18. The maximum Gasteiger partial charge on any atom is 0.434 e. The molecular weight excluding hydrogens is 416 g/mol. The van der Waals surface area contributed by atoms with Gasteiger partial charge in [0.2, 0.25) is 6.33 Å². The summed E-state index contributed by atoms with van der Waals surface area (Å²) in [6.45, 7) is 9.79. The van der Waals surface area contributed by atoms with Crippen LogP contribution in [0.2, 0.25) is 0 Å². The smallest absolute Gasteiger partial charge is 0.390 e. The van der Waals surface area contributed by atoms with Crippen molar-refractivity contribution in [2.45, 2.75) is 52.9 Å². The van der Waals surface area contributed by atoms with E-state index in [9.17, 15) is 20.2 Å². The van der Waals surface area contributed by atoms with Crippen LogP contribution in [0.25, 0.3) is 0 Å². The Bertz CT molecular complexity index is 944. The maximum absolute atomic E-state index is 10.8. The van der Waals surface area contributed by atoms with E-state index in [1.165, 1.54) is 6.33 Å². The first-order chi connectivity index (χ1) is 14.5.